The predicted octanol–water partition coefficient (Wildman–Crippen LogP) is 3.98. The molecule has 0 saturated carbocycles. The molecular weight excluding hydrogens is 316 g/mol. The Hall–Kier alpha value is -2.63. The van der Waals surface area contributed by atoms with Gasteiger partial charge in [0.25, 0.3) is 0 Å². The molecule has 3 rings (SSSR count). The molecule has 2 atom stereocenters. The fourth-order valence-corrected chi connectivity index (χ4v) is 3.38. The molecule has 1 N–H and O–H groups in total. The van der Waals surface area contributed by atoms with Crippen LogP contribution in [0, 0.1) is 6.92 Å². The first kappa shape index (κ1) is 17.2. The average molecular weight is 340 g/mol. The fraction of sp³-hybridized carbons (Fsp3) is 0.421. The summed E-state index contributed by atoms with van der Waals surface area (Å²) in [6.45, 7) is 6.22. The van der Waals surface area contributed by atoms with Gasteiger partial charge in [0.1, 0.15) is 5.75 Å². The summed E-state index contributed by atoms with van der Waals surface area (Å²) >= 11 is 0. The minimum Gasteiger partial charge on any atom is -0.437 e. The Balaban J connectivity index is 2.00. The van der Waals surface area contributed by atoms with Gasteiger partial charge in [0.05, 0.1) is 11.8 Å². The topological polar surface area (TPSA) is 70.8 Å². The average Bonchev–Trinajstić information content (AvgIpc) is 2.60. The number of aryl methyl sites for hydroxylation is 1. The molecule has 0 aromatic carbocycles. The summed E-state index contributed by atoms with van der Waals surface area (Å²) in [7, 11) is 0. The first-order chi connectivity index (χ1) is 12.1. The zero-order chi connectivity index (χ0) is 17.8. The van der Waals surface area contributed by atoms with Crippen molar-refractivity contribution in [1.82, 2.24) is 14.9 Å². The fourth-order valence-electron chi connectivity index (χ4n) is 3.38. The van der Waals surface area contributed by atoms with Crippen LogP contribution < -0.4 is 4.74 Å². The molecular formula is C19H24N4O2. The Morgan fingerprint density at radius 3 is 2.64 bits per heavy atom. The third kappa shape index (κ3) is 3.73. The molecule has 132 valence electrons. The highest BCUT2D eigenvalue weighted by Crippen LogP contribution is 2.29. The Labute approximate surface area is 148 Å². The largest absolute Gasteiger partial charge is 0.437 e. The minimum atomic E-state index is 0.294. The van der Waals surface area contributed by atoms with Crippen LogP contribution >= 0.6 is 0 Å². The maximum absolute atomic E-state index is 9.78. The van der Waals surface area contributed by atoms with Crippen LogP contribution in [0.15, 0.2) is 41.8 Å². The van der Waals surface area contributed by atoms with E-state index in [-0.39, 0.29) is 0 Å². The van der Waals surface area contributed by atoms with E-state index >= 15 is 0 Å². The van der Waals surface area contributed by atoms with Crippen molar-refractivity contribution in [2.24, 2.45) is 5.16 Å². The Kier molecular flexibility index (Phi) is 5.16. The third-order valence-electron chi connectivity index (χ3n) is 4.62. The second kappa shape index (κ2) is 7.51. The zero-order valence-electron chi connectivity index (χ0n) is 14.9. The molecule has 0 aliphatic carbocycles. The number of likely N-dealkylation sites (tertiary alicyclic amines) is 1. The summed E-state index contributed by atoms with van der Waals surface area (Å²) in [5, 5.41) is 13.4. The lowest BCUT2D eigenvalue weighted by atomic mass is 9.96. The molecule has 0 radical (unpaired) electrons. The molecule has 0 bridgehead atoms. The van der Waals surface area contributed by atoms with Gasteiger partial charge < -0.3 is 14.8 Å². The molecule has 0 spiro atoms. The maximum Gasteiger partial charge on any atom is 0.230 e. The number of nitrogens with zero attached hydrogens (tertiary/aromatic N) is 4. The van der Waals surface area contributed by atoms with Crippen LogP contribution in [0.2, 0.25) is 0 Å². The lowest BCUT2D eigenvalue weighted by molar-refractivity contribution is 0.181. The van der Waals surface area contributed by atoms with Crippen molar-refractivity contribution in [3.63, 3.8) is 0 Å². The molecule has 1 aliphatic heterocycles. The highest BCUT2D eigenvalue weighted by molar-refractivity contribution is 6.00. The number of ether oxygens (including phenoxy) is 1. The molecule has 25 heavy (non-hydrogen) atoms. The molecule has 2 aromatic heterocycles. The van der Waals surface area contributed by atoms with Crippen LogP contribution in [-0.2, 0) is 0 Å². The first-order valence-corrected chi connectivity index (χ1v) is 8.66. The van der Waals surface area contributed by atoms with E-state index in [1.54, 1.807) is 18.5 Å². The standard InChI is InChI=1S/C19H24N4O2/c1-13-9-10-17(19(21-13)25-16-8-5-11-20-12-16)18(22-24)23-14(2)6-4-7-15(23)3/h5,8-12,14-15,24H,4,6-7H2,1-3H3/b22-18-. The number of hydrogen-bond acceptors (Lipinski definition) is 5. The second-order valence-corrected chi connectivity index (χ2v) is 6.56. The molecule has 6 nitrogen and oxygen atoms in total. The van der Waals surface area contributed by atoms with Crippen LogP contribution in [-0.4, -0.2) is 38.0 Å². The molecule has 2 aromatic rings. The van der Waals surface area contributed by atoms with Crippen LogP contribution in [0.3, 0.4) is 0 Å². The number of hydrogen-bond donors (Lipinski definition) is 1. The van der Waals surface area contributed by atoms with Crippen LogP contribution in [0.4, 0.5) is 0 Å². The van der Waals surface area contributed by atoms with Crippen molar-refractivity contribution in [2.45, 2.75) is 52.1 Å². The van der Waals surface area contributed by atoms with Gasteiger partial charge in [-0.2, -0.15) is 0 Å². The quantitative estimate of drug-likeness (QED) is 0.396. The van der Waals surface area contributed by atoms with Crippen molar-refractivity contribution in [1.29, 1.82) is 0 Å². The lowest BCUT2D eigenvalue weighted by Crippen LogP contribution is -2.48. The summed E-state index contributed by atoms with van der Waals surface area (Å²) < 4.78 is 5.94. The van der Waals surface area contributed by atoms with Crippen molar-refractivity contribution in [3.8, 4) is 11.6 Å². The van der Waals surface area contributed by atoms with Crippen molar-refractivity contribution < 1.29 is 9.94 Å². The van der Waals surface area contributed by atoms with E-state index in [4.69, 9.17) is 4.74 Å². The molecule has 6 heteroatoms. The van der Waals surface area contributed by atoms with E-state index in [0.29, 0.717) is 35.1 Å². The third-order valence-corrected chi connectivity index (χ3v) is 4.62. The molecule has 0 amide bonds. The second-order valence-electron chi connectivity index (χ2n) is 6.56. The van der Waals surface area contributed by atoms with E-state index in [0.717, 1.165) is 18.5 Å². The van der Waals surface area contributed by atoms with Gasteiger partial charge in [0.15, 0.2) is 5.84 Å². The van der Waals surface area contributed by atoms with Crippen molar-refractivity contribution in [2.75, 3.05) is 0 Å². The van der Waals surface area contributed by atoms with Crippen LogP contribution in [0.1, 0.15) is 44.4 Å². The summed E-state index contributed by atoms with van der Waals surface area (Å²) in [4.78, 5) is 10.7. The number of amidine groups is 1. The zero-order valence-corrected chi connectivity index (χ0v) is 14.9. The van der Waals surface area contributed by atoms with Crippen molar-refractivity contribution in [3.05, 3.63) is 47.9 Å². The predicted molar refractivity (Wildman–Crippen MR) is 96.2 cm³/mol. The molecule has 1 fully saturated rings. The summed E-state index contributed by atoms with van der Waals surface area (Å²) in [5.74, 6) is 1.52. The van der Waals surface area contributed by atoms with E-state index in [9.17, 15) is 5.21 Å². The Bertz CT molecular complexity index is 738. The van der Waals surface area contributed by atoms with Gasteiger partial charge in [-0.25, -0.2) is 4.98 Å². The van der Waals surface area contributed by atoms with E-state index in [1.165, 1.54) is 6.42 Å². The summed E-state index contributed by atoms with van der Waals surface area (Å²) in [6.07, 6.45) is 6.65. The highest BCUT2D eigenvalue weighted by atomic mass is 16.5. The van der Waals surface area contributed by atoms with Gasteiger partial charge in [-0.15, -0.1) is 0 Å². The highest BCUT2D eigenvalue weighted by Gasteiger charge is 2.30. The van der Waals surface area contributed by atoms with Gasteiger partial charge in [0.2, 0.25) is 5.88 Å². The van der Waals surface area contributed by atoms with Crippen molar-refractivity contribution >= 4 is 5.84 Å². The number of piperidine rings is 1. The minimum absolute atomic E-state index is 0.294. The summed E-state index contributed by atoms with van der Waals surface area (Å²) in [6, 6.07) is 8.01. The maximum atomic E-state index is 9.78. The molecule has 1 aliphatic rings. The van der Waals surface area contributed by atoms with Crippen LogP contribution in [0.25, 0.3) is 0 Å². The summed E-state index contributed by atoms with van der Waals surface area (Å²) in [5.41, 5.74) is 1.51. The number of aromatic nitrogens is 2. The number of oxime groups is 1. The molecule has 3 heterocycles. The smallest absolute Gasteiger partial charge is 0.230 e. The van der Waals surface area contributed by atoms with Gasteiger partial charge in [-0.1, -0.05) is 5.16 Å². The monoisotopic (exact) mass is 340 g/mol. The normalized spacial score (nSPS) is 21.2. The lowest BCUT2D eigenvalue weighted by Gasteiger charge is -2.40. The van der Waals surface area contributed by atoms with E-state index in [2.05, 4.69) is 33.9 Å². The van der Waals surface area contributed by atoms with Gasteiger partial charge in [0, 0.05) is 24.0 Å². The van der Waals surface area contributed by atoms with Crippen LogP contribution in [0.5, 0.6) is 11.6 Å². The molecule has 1 saturated heterocycles. The Morgan fingerprint density at radius 2 is 2.00 bits per heavy atom. The Morgan fingerprint density at radius 1 is 1.24 bits per heavy atom. The number of pyridine rings is 2. The SMILES string of the molecule is Cc1ccc(/C(=N/O)N2C(C)CCCC2C)c(Oc2cccnc2)n1. The van der Waals surface area contributed by atoms with Gasteiger partial charge in [-0.05, 0) is 64.3 Å². The number of rotatable bonds is 3. The molecule has 2 unspecified atom stereocenters. The van der Waals surface area contributed by atoms with Gasteiger partial charge >= 0.3 is 0 Å². The van der Waals surface area contributed by atoms with E-state index < -0.39 is 0 Å². The first-order valence-electron chi connectivity index (χ1n) is 8.66. The van der Waals surface area contributed by atoms with Gasteiger partial charge in [-0.3, -0.25) is 4.98 Å². The van der Waals surface area contributed by atoms with E-state index in [1.807, 2.05) is 25.1 Å².